The standard InChI is InChI=1S/C21H22F2N2O4/c22-17-7-6-16(13-18(17)23)29-15-8-10-25(11-9-15)20(26)19(24-21(27)28)12-14-4-2-1-3-5-14/h1-7,13,15,19,24H,8-12H2,(H,27,28)/t19-/m0/s1. The van der Waals surface area contributed by atoms with Gasteiger partial charge in [0.25, 0.3) is 0 Å². The minimum Gasteiger partial charge on any atom is -0.490 e. The maximum atomic E-state index is 13.3. The van der Waals surface area contributed by atoms with Gasteiger partial charge in [-0.3, -0.25) is 4.79 Å². The van der Waals surface area contributed by atoms with Crippen LogP contribution in [0, 0.1) is 11.6 Å². The first kappa shape index (κ1) is 20.6. The molecule has 0 spiro atoms. The summed E-state index contributed by atoms with van der Waals surface area (Å²) in [6, 6.07) is 11.7. The summed E-state index contributed by atoms with van der Waals surface area (Å²) in [5.74, 6) is -1.96. The van der Waals surface area contributed by atoms with Crippen molar-refractivity contribution in [3.8, 4) is 5.75 Å². The summed E-state index contributed by atoms with van der Waals surface area (Å²) < 4.78 is 32.0. The largest absolute Gasteiger partial charge is 0.490 e. The third kappa shape index (κ3) is 5.66. The number of halogens is 2. The van der Waals surface area contributed by atoms with E-state index in [1.54, 1.807) is 4.90 Å². The SMILES string of the molecule is O=C(O)N[C@@H](Cc1ccccc1)C(=O)N1CCC(Oc2ccc(F)c(F)c2)CC1. The highest BCUT2D eigenvalue weighted by Gasteiger charge is 2.30. The van der Waals surface area contributed by atoms with Crippen LogP contribution in [0.2, 0.25) is 0 Å². The Bertz CT molecular complexity index is 855. The third-order valence-electron chi connectivity index (χ3n) is 4.83. The first-order chi connectivity index (χ1) is 13.9. The zero-order valence-electron chi connectivity index (χ0n) is 15.7. The summed E-state index contributed by atoms with van der Waals surface area (Å²) in [6.07, 6.45) is -0.206. The van der Waals surface area contributed by atoms with E-state index < -0.39 is 23.8 Å². The second-order valence-corrected chi connectivity index (χ2v) is 6.91. The Morgan fingerprint density at radius 2 is 1.79 bits per heavy atom. The Balaban J connectivity index is 1.57. The van der Waals surface area contributed by atoms with Crippen molar-refractivity contribution in [2.75, 3.05) is 13.1 Å². The minimum atomic E-state index is -1.25. The average Bonchev–Trinajstić information content (AvgIpc) is 2.71. The highest BCUT2D eigenvalue weighted by Crippen LogP contribution is 2.22. The topological polar surface area (TPSA) is 78.9 Å². The zero-order valence-corrected chi connectivity index (χ0v) is 15.7. The number of carboxylic acid groups (broad SMARTS) is 1. The van der Waals surface area contributed by atoms with E-state index in [1.165, 1.54) is 6.07 Å². The molecule has 1 heterocycles. The van der Waals surface area contributed by atoms with Crippen molar-refractivity contribution in [1.82, 2.24) is 10.2 Å². The maximum absolute atomic E-state index is 13.3. The number of nitrogens with zero attached hydrogens (tertiary/aromatic N) is 1. The van der Waals surface area contributed by atoms with Gasteiger partial charge in [-0.05, 0) is 17.7 Å². The molecule has 3 rings (SSSR count). The number of likely N-dealkylation sites (tertiary alicyclic amines) is 1. The van der Waals surface area contributed by atoms with Crippen molar-refractivity contribution < 1.29 is 28.2 Å². The molecule has 1 atom stereocenters. The predicted molar refractivity (Wildman–Crippen MR) is 102 cm³/mol. The molecular weight excluding hydrogens is 382 g/mol. The van der Waals surface area contributed by atoms with Crippen molar-refractivity contribution in [1.29, 1.82) is 0 Å². The number of rotatable bonds is 6. The molecular formula is C21H22F2N2O4. The number of ether oxygens (including phenoxy) is 1. The number of benzene rings is 2. The van der Waals surface area contributed by atoms with Crippen LogP contribution < -0.4 is 10.1 Å². The maximum Gasteiger partial charge on any atom is 0.405 e. The Labute approximate surface area is 167 Å². The van der Waals surface area contributed by atoms with Crippen LogP contribution in [0.5, 0.6) is 5.75 Å². The lowest BCUT2D eigenvalue weighted by Gasteiger charge is -2.34. The zero-order chi connectivity index (χ0) is 20.8. The number of hydrogen-bond donors (Lipinski definition) is 2. The lowest BCUT2D eigenvalue weighted by atomic mass is 10.0. The summed E-state index contributed by atoms with van der Waals surface area (Å²) in [6.45, 7) is 0.777. The molecule has 1 saturated heterocycles. The van der Waals surface area contributed by atoms with Gasteiger partial charge in [0, 0.05) is 38.4 Å². The summed E-state index contributed by atoms with van der Waals surface area (Å²) in [7, 11) is 0. The number of piperidine rings is 1. The molecule has 2 aromatic carbocycles. The van der Waals surface area contributed by atoms with Crippen LogP contribution >= 0.6 is 0 Å². The molecule has 6 nitrogen and oxygen atoms in total. The fraction of sp³-hybridized carbons (Fsp3) is 0.333. The van der Waals surface area contributed by atoms with Gasteiger partial charge in [-0.15, -0.1) is 0 Å². The molecule has 154 valence electrons. The van der Waals surface area contributed by atoms with E-state index in [0.29, 0.717) is 25.9 Å². The number of amides is 2. The summed E-state index contributed by atoms with van der Waals surface area (Å²) in [4.78, 5) is 25.6. The second kappa shape index (κ2) is 9.36. The van der Waals surface area contributed by atoms with E-state index in [4.69, 9.17) is 9.84 Å². The molecule has 2 amide bonds. The van der Waals surface area contributed by atoms with E-state index >= 15 is 0 Å². The van der Waals surface area contributed by atoms with Crippen LogP contribution in [0.1, 0.15) is 18.4 Å². The molecule has 0 aromatic heterocycles. The highest BCUT2D eigenvalue weighted by molar-refractivity contribution is 5.85. The monoisotopic (exact) mass is 404 g/mol. The van der Waals surface area contributed by atoms with E-state index in [2.05, 4.69) is 5.32 Å². The van der Waals surface area contributed by atoms with Crippen molar-refractivity contribution >= 4 is 12.0 Å². The second-order valence-electron chi connectivity index (χ2n) is 6.91. The average molecular weight is 404 g/mol. The summed E-state index contributed by atoms with van der Waals surface area (Å²) in [5.41, 5.74) is 0.858. The summed E-state index contributed by atoms with van der Waals surface area (Å²) >= 11 is 0. The number of hydrogen-bond acceptors (Lipinski definition) is 3. The fourth-order valence-electron chi connectivity index (χ4n) is 3.36. The van der Waals surface area contributed by atoms with E-state index in [0.717, 1.165) is 17.7 Å². The molecule has 1 fully saturated rings. The van der Waals surface area contributed by atoms with E-state index in [1.807, 2.05) is 30.3 Å². The lowest BCUT2D eigenvalue weighted by Crippen LogP contribution is -2.52. The van der Waals surface area contributed by atoms with Crippen molar-refractivity contribution in [3.63, 3.8) is 0 Å². The number of carbonyl (C=O) groups excluding carboxylic acids is 1. The van der Waals surface area contributed by atoms with Gasteiger partial charge in [0.15, 0.2) is 11.6 Å². The van der Waals surface area contributed by atoms with Crippen molar-refractivity contribution in [2.24, 2.45) is 0 Å². The summed E-state index contributed by atoms with van der Waals surface area (Å²) in [5, 5.41) is 11.4. The van der Waals surface area contributed by atoms with Crippen LogP contribution in [0.25, 0.3) is 0 Å². The lowest BCUT2D eigenvalue weighted by molar-refractivity contribution is -0.135. The van der Waals surface area contributed by atoms with Gasteiger partial charge in [-0.2, -0.15) is 0 Å². The van der Waals surface area contributed by atoms with Gasteiger partial charge in [0.1, 0.15) is 17.9 Å². The van der Waals surface area contributed by atoms with Crippen LogP contribution in [-0.2, 0) is 11.2 Å². The number of carbonyl (C=O) groups is 2. The highest BCUT2D eigenvalue weighted by atomic mass is 19.2. The molecule has 0 saturated carbocycles. The first-order valence-corrected chi connectivity index (χ1v) is 9.36. The van der Waals surface area contributed by atoms with Crippen molar-refractivity contribution in [2.45, 2.75) is 31.4 Å². The fourth-order valence-corrected chi connectivity index (χ4v) is 3.36. The van der Waals surface area contributed by atoms with E-state index in [-0.39, 0.29) is 24.2 Å². The Kier molecular flexibility index (Phi) is 6.64. The first-order valence-electron chi connectivity index (χ1n) is 9.36. The number of nitrogens with one attached hydrogen (secondary N) is 1. The van der Waals surface area contributed by atoms with Gasteiger partial charge in [0.05, 0.1) is 0 Å². The Morgan fingerprint density at radius 1 is 1.10 bits per heavy atom. The molecule has 1 aliphatic rings. The van der Waals surface area contributed by atoms with Crippen LogP contribution in [-0.4, -0.2) is 47.2 Å². The Hall–Kier alpha value is -3.16. The minimum absolute atomic E-state index is 0.232. The van der Waals surface area contributed by atoms with Gasteiger partial charge in [0.2, 0.25) is 5.91 Å². The molecule has 8 heteroatoms. The molecule has 2 N–H and O–H groups in total. The van der Waals surface area contributed by atoms with Gasteiger partial charge in [-0.1, -0.05) is 30.3 Å². The van der Waals surface area contributed by atoms with Crippen molar-refractivity contribution in [3.05, 3.63) is 65.7 Å². The van der Waals surface area contributed by atoms with E-state index in [9.17, 15) is 18.4 Å². The molecule has 29 heavy (non-hydrogen) atoms. The predicted octanol–water partition coefficient (Wildman–Crippen LogP) is 3.21. The molecule has 0 bridgehead atoms. The Morgan fingerprint density at radius 3 is 2.41 bits per heavy atom. The van der Waals surface area contributed by atoms with Gasteiger partial charge >= 0.3 is 6.09 Å². The molecule has 2 aromatic rings. The molecule has 0 unspecified atom stereocenters. The third-order valence-corrected chi connectivity index (χ3v) is 4.83. The smallest absolute Gasteiger partial charge is 0.405 e. The molecule has 0 radical (unpaired) electrons. The quantitative estimate of drug-likeness (QED) is 0.775. The molecule has 0 aliphatic carbocycles. The van der Waals surface area contributed by atoms with Crippen LogP contribution in [0.15, 0.2) is 48.5 Å². The van der Waals surface area contributed by atoms with Crippen LogP contribution in [0.3, 0.4) is 0 Å². The van der Waals surface area contributed by atoms with Crippen LogP contribution in [0.4, 0.5) is 13.6 Å². The molecule has 1 aliphatic heterocycles. The van der Waals surface area contributed by atoms with Gasteiger partial charge in [-0.25, -0.2) is 13.6 Å². The normalized spacial score (nSPS) is 15.6. The van der Waals surface area contributed by atoms with Gasteiger partial charge < -0.3 is 20.1 Å².